The highest BCUT2D eigenvalue weighted by Crippen LogP contribution is 2.01. The van der Waals surface area contributed by atoms with E-state index in [1.807, 2.05) is 12.2 Å². The quantitative estimate of drug-likeness (QED) is 0.315. The van der Waals surface area contributed by atoms with E-state index in [0.717, 1.165) is 18.7 Å². The number of alkyl halides is 1. The molecule has 0 bridgehead atoms. The Morgan fingerprint density at radius 3 is 2.60 bits per heavy atom. The zero-order valence-corrected chi connectivity index (χ0v) is 7.11. The molecule has 58 valence electrons. The summed E-state index contributed by atoms with van der Waals surface area (Å²) < 4.78 is 0. The lowest BCUT2D eigenvalue weighted by Gasteiger charge is -1.91. The fraction of sp³-hybridized carbons (Fsp3) is 0.556. The van der Waals surface area contributed by atoms with Crippen LogP contribution in [-0.2, 0) is 0 Å². The van der Waals surface area contributed by atoms with E-state index < -0.39 is 0 Å². The van der Waals surface area contributed by atoms with E-state index in [2.05, 4.69) is 12.7 Å². The third kappa shape index (κ3) is 7.77. The van der Waals surface area contributed by atoms with E-state index in [0.29, 0.717) is 0 Å². The molecule has 0 atom stereocenters. The van der Waals surface area contributed by atoms with Crippen LogP contribution in [0.15, 0.2) is 24.8 Å². The molecule has 0 aliphatic carbocycles. The van der Waals surface area contributed by atoms with Gasteiger partial charge in [0.25, 0.3) is 0 Å². The van der Waals surface area contributed by atoms with Crippen molar-refractivity contribution in [1.29, 1.82) is 0 Å². The van der Waals surface area contributed by atoms with Crippen LogP contribution in [0, 0.1) is 0 Å². The van der Waals surface area contributed by atoms with Gasteiger partial charge in [0.15, 0.2) is 0 Å². The molecule has 0 rings (SSSR count). The van der Waals surface area contributed by atoms with Crippen molar-refractivity contribution < 1.29 is 0 Å². The van der Waals surface area contributed by atoms with Crippen LogP contribution in [0.25, 0.3) is 0 Å². The summed E-state index contributed by atoms with van der Waals surface area (Å²) in [6.45, 7) is 3.59. The molecule has 0 fully saturated rings. The highest BCUT2D eigenvalue weighted by atomic mass is 35.5. The summed E-state index contributed by atoms with van der Waals surface area (Å²) in [6.07, 6.45) is 10.7. The van der Waals surface area contributed by atoms with Crippen molar-refractivity contribution in [2.24, 2.45) is 0 Å². The minimum absolute atomic E-state index is 0.797. The largest absolute Gasteiger partial charge is 0.127 e. The Balaban J connectivity index is 2.90. The fourth-order valence-electron chi connectivity index (χ4n) is 0.726. The van der Waals surface area contributed by atoms with Crippen LogP contribution in [-0.4, -0.2) is 5.88 Å². The smallest absolute Gasteiger partial charge is 0.0223 e. The Morgan fingerprint density at radius 2 is 2.00 bits per heavy atom. The molecule has 0 unspecified atom stereocenters. The Kier molecular flexibility index (Phi) is 8.57. The molecule has 0 aromatic rings. The van der Waals surface area contributed by atoms with Crippen molar-refractivity contribution in [3.05, 3.63) is 24.8 Å². The first kappa shape index (κ1) is 9.77. The predicted molar refractivity (Wildman–Crippen MR) is 48.5 cm³/mol. The second-order valence-electron chi connectivity index (χ2n) is 2.20. The molecule has 10 heavy (non-hydrogen) atoms. The Morgan fingerprint density at radius 1 is 1.20 bits per heavy atom. The maximum absolute atomic E-state index is 5.51. The Bertz CT molecular complexity index is 94.9. The molecule has 0 saturated heterocycles. The average molecular weight is 159 g/mol. The molecule has 1 heteroatoms. The highest BCUT2D eigenvalue weighted by molar-refractivity contribution is 6.17. The van der Waals surface area contributed by atoms with Gasteiger partial charge in [0, 0.05) is 5.88 Å². The zero-order chi connectivity index (χ0) is 7.66. The van der Waals surface area contributed by atoms with E-state index >= 15 is 0 Å². The van der Waals surface area contributed by atoms with Gasteiger partial charge in [0.05, 0.1) is 0 Å². The van der Waals surface area contributed by atoms with Gasteiger partial charge in [0.1, 0.15) is 0 Å². The lowest BCUT2D eigenvalue weighted by atomic mass is 10.2. The number of halogens is 1. The molecule has 0 N–H and O–H groups in total. The summed E-state index contributed by atoms with van der Waals surface area (Å²) in [7, 11) is 0. The van der Waals surface area contributed by atoms with Crippen molar-refractivity contribution >= 4 is 11.6 Å². The summed E-state index contributed by atoms with van der Waals surface area (Å²) >= 11 is 5.51. The number of rotatable bonds is 6. The fourth-order valence-corrected chi connectivity index (χ4v) is 0.915. The molecule has 0 aromatic heterocycles. The molecule has 0 radical (unpaired) electrons. The SMILES string of the molecule is C=CC=CCCCCCCl. The molecule has 0 nitrogen and oxygen atoms in total. The Labute approximate surface area is 68.6 Å². The second-order valence-corrected chi connectivity index (χ2v) is 2.58. The molecule has 0 aromatic carbocycles. The number of hydrogen-bond acceptors (Lipinski definition) is 0. The van der Waals surface area contributed by atoms with Crippen molar-refractivity contribution in [3.8, 4) is 0 Å². The molecular formula is C9H15Cl. The standard InChI is InChI=1S/C9H15Cl/c1-2-3-4-5-6-7-8-9-10/h2-4H,1,5-9H2. The first-order valence-electron chi connectivity index (χ1n) is 3.75. The molecule has 0 spiro atoms. The predicted octanol–water partition coefficient (Wildman–Crippen LogP) is 3.53. The zero-order valence-electron chi connectivity index (χ0n) is 6.35. The van der Waals surface area contributed by atoms with E-state index in [9.17, 15) is 0 Å². The topological polar surface area (TPSA) is 0 Å². The molecule has 0 aliphatic rings. The summed E-state index contributed by atoms with van der Waals surface area (Å²) in [5, 5.41) is 0. The lowest BCUT2D eigenvalue weighted by molar-refractivity contribution is 0.732. The van der Waals surface area contributed by atoms with Gasteiger partial charge in [-0.15, -0.1) is 11.6 Å². The monoisotopic (exact) mass is 158 g/mol. The summed E-state index contributed by atoms with van der Waals surface area (Å²) in [5.74, 6) is 0.797. The van der Waals surface area contributed by atoms with Gasteiger partial charge >= 0.3 is 0 Å². The molecule has 0 amide bonds. The van der Waals surface area contributed by atoms with Gasteiger partial charge in [0.2, 0.25) is 0 Å². The van der Waals surface area contributed by atoms with Crippen LogP contribution in [0.1, 0.15) is 25.7 Å². The van der Waals surface area contributed by atoms with Crippen LogP contribution in [0.5, 0.6) is 0 Å². The third-order valence-corrected chi connectivity index (χ3v) is 1.54. The maximum atomic E-state index is 5.51. The second kappa shape index (κ2) is 8.77. The van der Waals surface area contributed by atoms with Gasteiger partial charge in [-0.2, -0.15) is 0 Å². The van der Waals surface area contributed by atoms with Gasteiger partial charge in [-0.25, -0.2) is 0 Å². The summed E-state index contributed by atoms with van der Waals surface area (Å²) in [4.78, 5) is 0. The van der Waals surface area contributed by atoms with Crippen LogP contribution >= 0.6 is 11.6 Å². The first-order valence-corrected chi connectivity index (χ1v) is 4.28. The first-order chi connectivity index (χ1) is 4.91. The minimum Gasteiger partial charge on any atom is -0.127 e. The van der Waals surface area contributed by atoms with Crippen molar-refractivity contribution in [3.63, 3.8) is 0 Å². The van der Waals surface area contributed by atoms with Crippen molar-refractivity contribution in [2.75, 3.05) is 5.88 Å². The molecular weight excluding hydrogens is 144 g/mol. The van der Waals surface area contributed by atoms with Crippen molar-refractivity contribution in [2.45, 2.75) is 25.7 Å². The summed E-state index contributed by atoms with van der Waals surface area (Å²) in [5.41, 5.74) is 0. The normalized spacial score (nSPS) is 10.5. The molecule has 0 aliphatic heterocycles. The van der Waals surface area contributed by atoms with Crippen LogP contribution in [0.2, 0.25) is 0 Å². The average Bonchev–Trinajstić information content (AvgIpc) is 1.97. The Hall–Kier alpha value is -0.230. The number of allylic oxidation sites excluding steroid dienone is 3. The van der Waals surface area contributed by atoms with E-state index in [1.54, 1.807) is 0 Å². The minimum atomic E-state index is 0.797. The van der Waals surface area contributed by atoms with E-state index in [4.69, 9.17) is 11.6 Å². The number of unbranched alkanes of at least 4 members (excludes halogenated alkanes) is 3. The van der Waals surface area contributed by atoms with Crippen molar-refractivity contribution in [1.82, 2.24) is 0 Å². The van der Waals surface area contributed by atoms with Gasteiger partial charge in [-0.05, 0) is 19.3 Å². The van der Waals surface area contributed by atoms with Gasteiger partial charge in [-0.3, -0.25) is 0 Å². The van der Waals surface area contributed by atoms with Crippen LogP contribution in [0.4, 0.5) is 0 Å². The van der Waals surface area contributed by atoms with E-state index in [1.165, 1.54) is 12.8 Å². The van der Waals surface area contributed by atoms with E-state index in [-0.39, 0.29) is 0 Å². The van der Waals surface area contributed by atoms with Gasteiger partial charge < -0.3 is 0 Å². The van der Waals surface area contributed by atoms with Crippen LogP contribution in [0.3, 0.4) is 0 Å². The molecule has 0 saturated carbocycles. The van der Waals surface area contributed by atoms with Crippen LogP contribution < -0.4 is 0 Å². The molecule has 0 heterocycles. The highest BCUT2D eigenvalue weighted by Gasteiger charge is 1.83. The summed E-state index contributed by atoms with van der Waals surface area (Å²) in [6, 6.07) is 0. The lowest BCUT2D eigenvalue weighted by Crippen LogP contribution is -1.75. The third-order valence-electron chi connectivity index (χ3n) is 1.28. The maximum Gasteiger partial charge on any atom is 0.0223 e. The van der Waals surface area contributed by atoms with Gasteiger partial charge in [-0.1, -0.05) is 31.2 Å². The number of hydrogen-bond donors (Lipinski definition) is 0.